The van der Waals surface area contributed by atoms with Crippen molar-refractivity contribution < 1.29 is 5.11 Å². The van der Waals surface area contributed by atoms with Crippen LogP contribution in [0.2, 0.25) is 0 Å². The van der Waals surface area contributed by atoms with Crippen LogP contribution in [0.3, 0.4) is 0 Å². The summed E-state index contributed by atoms with van der Waals surface area (Å²) < 4.78 is 1.39. The average Bonchev–Trinajstić information content (AvgIpc) is 2.56. The molecular weight excluding hydrogens is 244 g/mol. The Hall–Kier alpha value is -1.45. The van der Waals surface area contributed by atoms with Gasteiger partial charge in [0.2, 0.25) is 0 Å². The van der Waals surface area contributed by atoms with E-state index in [1.54, 1.807) is 0 Å². The van der Waals surface area contributed by atoms with Gasteiger partial charge in [-0.1, -0.05) is 6.92 Å². The summed E-state index contributed by atoms with van der Waals surface area (Å²) in [6.07, 6.45) is 0. The number of fused-ring (bicyclic) bond motifs is 1. The van der Waals surface area contributed by atoms with E-state index in [0.29, 0.717) is 15.8 Å². The topological polar surface area (TPSA) is 76.9 Å². The van der Waals surface area contributed by atoms with Gasteiger partial charge in [0, 0.05) is 6.07 Å². The zero-order chi connectivity index (χ0) is 11.7. The van der Waals surface area contributed by atoms with E-state index in [0.717, 1.165) is 16.0 Å². The van der Waals surface area contributed by atoms with E-state index in [4.69, 9.17) is 5.26 Å². The fraction of sp³-hybridized carbons (Fsp3) is 0.200. The largest absolute Gasteiger partial charge is 0.506 e. The predicted molar refractivity (Wildman–Crippen MR) is 65.2 cm³/mol. The zero-order valence-corrected chi connectivity index (χ0v) is 10.0. The predicted octanol–water partition coefficient (Wildman–Crippen LogP) is 2.28. The molecular formula is C10H8N2O2S2. The van der Waals surface area contributed by atoms with Gasteiger partial charge in [-0.15, -0.1) is 23.1 Å². The minimum atomic E-state index is -0.396. The second-order valence-corrected chi connectivity index (χ2v) is 5.59. The number of thiophene rings is 1. The lowest BCUT2D eigenvalue weighted by Gasteiger charge is -1.93. The van der Waals surface area contributed by atoms with Crippen molar-refractivity contribution in [2.75, 3.05) is 5.75 Å². The quantitative estimate of drug-likeness (QED) is 0.804. The molecule has 0 aliphatic heterocycles. The average molecular weight is 252 g/mol. The van der Waals surface area contributed by atoms with Gasteiger partial charge in [0.05, 0.1) is 14.4 Å². The molecule has 0 spiro atoms. The van der Waals surface area contributed by atoms with Crippen molar-refractivity contribution in [3.63, 3.8) is 0 Å². The fourth-order valence-corrected chi connectivity index (χ4v) is 3.64. The third kappa shape index (κ3) is 1.68. The van der Waals surface area contributed by atoms with Gasteiger partial charge >= 0.3 is 0 Å². The number of hydrogen-bond donors (Lipinski definition) is 2. The first-order valence-corrected chi connectivity index (χ1v) is 6.39. The number of hydrogen-bond acceptors (Lipinski definition) is 5. The number of aromatic nitrogens is 1. The molecule has 2 aromatic rings. The molecule has 0 saturated carbocycles. The molecule has 6 heteroatoms. The summed E-state index contributed by atoms with van der Waals surface area (Å²) in [6.45, 7) is 1.98. The molecule has 16 heavy (non-hydrogen) atoms. The lowest BCUT2D eigenvalue weighted by molar-refractivity contribution is 0.481. The molecule has 0 bridgehead atoms. The maximum Gasteiger partial charge on any atom is 0.252 e. The second kappa shape index (κ2) is 4.20. The molecule has 0 unspecified atom stereocenters. The van der Waals surface area contributed by atoms with Gasteiger partial charge in [-0.25, -0.2) is 0 Å². The number of thioether (sulfide) groups is 1. The van der Waals surface area contributed by atoms with Crippen LogP contribution in [-0.2, 0) is 0 Å². The van der Waals surface area contributed by atoms with Gasteiger partial charge < -0.3 is 10.1 Å². The van der Waals surface area contributed by atoms with Gasteiger partial charge in [0.1, 0.15) is 17.4 Å². The molecule has 0 saturated heterocycles. The van der Waals surface area contributed by atoms with Crippen LogP contribution in [0.25, 0.3) is 10.2 Å². The Balaban J connectivity index is 2.83. The molecule has 0 aliphatic rings. The van der Waals surface area contributed by atoms with Gasteiger partial charge in [0.25, 0.3) is 5.56 Å². The first-order valence-electron chi connectivity index (χ1n) is 4.59. The molecule has 0 aromatic carbocycles. The van der Waals surface area contributed by atoms with Crippen molar-refractivity contribution >= 4 is 33.3 Å². The monoisotopic (exact) mass is 252 g/mol. The molecule has 2 N–H and O–H groups in total. The van der Waals surface area contributed by atoms with Gasteiger partial charge in [-0.3, -0.25) is 4.79 Å². The van der Waals surface area contributed by atoms with Gasteiger partial charge in [-0.05, 0) is 5.75 Å². The molecule has 4 nitrogen and oxygen atoms in total. The third-order valence-electron chi connectivity index (χ3n) is 2.01. The maximum atomic E-state index is 11.2. The first-order chi connectivity index (χ1) is 7.67. The van der Waals surface area contributed by atoms with Gasteiger partial charge in [-0.2, -0.15) is 5.26 Å². The first kappa shape index (κ1) is 11.0. The number of nitrogens with zero attached hydrogens (tertiary/aromatic N) is 1. The van der Waals surface area contributed by atoms with Crippen molar-refractivity contribution in [3.05, 3.63) is 22.0 Å². The van der Waals surface area contributed by atoms with E-state index in [9.17, 15) is 9.90 Å². The Labute approximate surface area is 99.5 Å². The molecule has 2 heterocycles. The summed E-state index contributed by atoms with van der Waals surface area (Å²) in [5.41, 5.74) is 0.487. The summed E-state index contributed by atoms with van der Waals surface area (Å²) in [7, 11) is 0. The van der Waals surface area contributed by atoms with Crippen LogP contribution in [0.5, 0.6) is 5.75 Å². The molecule has 0 amide bonds. The smallest absolute Gasteiger partial charge is 0.252 e. The number of rotatable bonds is 2. The molecule has 0 radical (unpaired) electrons. The normalized spacial score (nSPS) is 10.5. The van der Waals surface area contributed by atoms with Crippen molar-refractivity contribution in [1.82, 2.24) is 4.98 Å². The van der Waals surface area contributed by atoms with Crippen LogP contribution in [0, 0.1) is 11.3 Å². The standard InChI is InChI=1S/C10H8N2O2S2/c1-2-15-10-5(4-11)8-9(16-10)6(13)3-7(14)12-8/h3H,2H2,1H3,(H2,12,13,14). The maximum absolute atomic E-state index is 11.2. The summed E-state index contributed by atoms with van der Waals surface area (Å²) >= 11 is 2.86. The number of aromatic hydroxyl groups is 1. The van der Waals surface area contributed by atoms with Crippen molar-refractivity contribution in [3.8, 4) is 11.8 Å². The Morgan fingerprint density at radius 3 is 3.06 bits per heavy atom. The highest BCUT2D eigenvalue weighted by Crippen LogP contribution is 2.39. The molecule has 0 aliphatic carbocycles. The van der Waals surface area contributed by atoms with Crippen LogP contribution in [0.4, 0.5) is 0 Å². The molecule has 2 rings (SSSR count). The molecule has 82 valence electrons. The molecule has 0 atom stereocenters. The number of nitriles is 1. The van der Waals surface area contributed by atoms with Crippen LogP contribution in [0.15, 0.2) is 15.1 Å². The van der Waals surface area contributed by atoms with E-state index in [1.807, 2.05) is 6.92 Å². The molecule has 2 aromatic heterocycles. The van der Waals surface area contributed by atoms with Crippen molar-refractivity contribution in [1.29, 1.82) is 5.26 Å². The fourth-order valence-electron chi connectivity index (χ4n) is 1.39. The lowest BCUT2D eigenvalue weighted by Crippen LogP contribution is -2.02. The number of H-pyrrole nitrogens is 1. The second-order valence-electron chi connectivity index (χ2n) is 3.03. The summed E-state index contributed by atoms with van der Waals surface area (Å²) in [4.78, 5) is 13.8. The van der Waals surface area contributed by atoms with Gasteiger partial charge in [0.15, 0.2) is 0 Å². The van der Waals surface area contributed by atoms with E-state index >= 15 is 0 Å². The zero-order valence-electron chi connectivity index (χ0n) is 8.40. The highest BCUT2D eigenvalue weighted by Gasteiger charge is 2.15. The summed E-state index contributed by atoms with van der Waals surface area (Å²) in [5, 5.41) is 18.7. The van der Waals surface area contributed by atoms with E-state index in [2.05, 4.69) is 11.1 Å². The summed E-state index contributed by atoms with van der Waals surface area (Å²) in [5.74, 6) is 0.773. The van der Waals surface area contributed by atoms with Crippen LogP contribution in [-0.4, -0.2) is 15.8 Å². The Morgan fingerprint density at radius 2 is 2.44 bits per heavy atom. The van der Waals surface area contributed by atoms with Crippen molar-refractivity contribution in [2.24, 2.45) is 0 Å². The summed E-state index contributed by atoms with van der Waals surface area (Å²) in [6, 6.07) is 3.19. The van der Waals surface area contributed by atoms with E-state index in [1.165, 1.54) is 23.1 Å². The molecule has 0 fully saturated rings. The van der Waals surface area contributed by atoms with Crippen LogP contribution < -0.4 is 5.56 Å². The minimum absolute atomic E-state index is 0.0665. The minimum Gasteiger partial charge on any atom is -0.506 e. The number of nitrogens with one attached hydrogen (secondary N) is 1. The highest BCUT2D eigenvalue weighted by molar-refractivity contribution is 8.01. The van der Waals surface area contributed by atoms with Crippen LogP contribution in [0.1, 0.15) is 12.5 Å². The third-order valence-corrected chi connectivity index (χ3v) is 4.38. The van der Waals surface area contributed by atoms with Crippen LogP contribution >= 0.6 is 23.1 Å². The number of aromatic amines is 1. The Morgan fingerprint density at radius 1 is 1.69 bits per heavy atom. The Kier molecular flexibility index (Phi) is 2.90. The lowest BCUT2D eigenvalue weighted by atomic mass is 10.3. The van der Waals surface area contributed by atoms with E-state index in [-0.39, 0.29) is 5.75 Å². The van der Waals surface area contributed by atoms with E-state index < -0.39 is 5.56 Å². The van der Waals surface area contributed by atoms with Crippen molar-refractivity contribution in [2.45, 2.75) is 11.1 Å². The Bertz CT molecular complexity index is 637. The SMILES string of the molecule is CCSc1sc2c(O)cc(=O)[nH]c2c1C#N. The highest BCUT2D eigenvalue weighted by atomic mass is 32.2. The number of pyridine rings is 1.